The zero-order valence-electron chi connectivity index (χ0n) is 9.24. The van der Waals surface area contributed by atoms with Crippen LogP contribution in [0.3, 0.4) is 0 Å². The Labute approximate surface area is 101 Å². The van der Waals surface area contributed by atoms with Crippen LogP contribution >= 0.6 is 0 Å². The number of anilines is 1. The number of nitrogens with two attached hydrogens (primary N) is 1. The topological polar surface area (TPSA) is 58.7 Å². The zero-order valence-corrected chi connectivity index (χ0v) is 9.24. The van der Waals surface area contributed by atoms with E-state index in [-0.39, 0.29) is 24.6 Å². The molecule has 18 heavy (non-hydrogen) atoms. The average molecular weight is 257 g/mol. The Morgan fingerprint density at radius 3 is 2.67 bits per heavy atom. The number of hydrogen-bond donors (Lipinski definition) is 1. The first-order valence-corrected chi connectivity index (χ1v) is 5.18. The molecule has 0 aliphatic carbocycles. The van der Waals surface area contributed by atoms with Crippen LogP contribution in [0.1, 0.15) is 12.0 Å². The summed E-state index contributed by atoms with van der Waals surface area (Å²) in [6, 6.07) is 4.47. The minimum atomic E-state index is -4.45. The van der Waals surface area contributed by atoms with E-state index in [1.807, 2.05) is 0 Å². The summed E-state index contributed by atoms with van der Waals surface area (Å²) in [5.41, 5.74) is 5.08. The number of carbonyl (C=O) groups excluding carboxylic acids is 1. The third kappa shape index (κ3) is 2.35. The summed E-state index contributed by atoms with van der Waals surface area (Å²) in [5.74, 6) is -0.380. The van der Waals surface area contributed by atoms with Crippen LogP contribution in [-0.2, 0) is 11.0 Å². The lowest BCUT2D eigenvalue weighted by Crippen LogP contribution is -2.20. The van der Waals surface area contributed by atoms with Gasteiger partial charge in [0.05, 0.1) is 23.4 Å². The van der Waals surface area contributed by atoms with Crippen molar-refractivity contribution in [1.82, 2.24) is 0 Å². The maximum atomic E-state index is 12.5. The van der Waals surface area contributed by atoms with Crippen molar-refractivity contribution in [1.29, 1.82) is 0 Å². The molecule has 0 bridgehead atoms. The average Bonchev–Trinajstić information content (AvgIpc) is 2.70. The first-order chi connectivity index (χ1) is 8.41. The maximum absolute atomic E-state index is 12.5. The van der Waals surface area contributed by atoms with Crippen LogP contribution in [0.4, 0.5) is 18.9 Å². The van der Waals surface area contributed by atoms with Crippen molar-refractivity contribution < 1.29 is 18.0 Å². The SMILES string of the molecule is NCC1=NN(c2cccc(C(F)(F)F)c2)C(=O)C1. The van der Waals surface area contributed by atoms with Gasteiger partial charge in [-0.25, -0.2) is 5.01 Å². The fourth-order valence-electron chi connectivity index (χ4n) is 1.61. The molecule has 0 unspecified atom stereocenters. The quantitative estimate of drug-likeness (QED) is 0.877. The molecule has 0 saturated carbocycles. The summed E-state index contributed by atoms with van der Waals surface area (Å²) >= 11 is 0. The van der Waals surface area contributed by atoms with Gasteiger partial charge >= 0.3 is 6.18 Å². The lowest BCUT2D eigenvalue weighted by molar-refractivity contribution is -0.137. The molecule has 1 aliphatic heterocycles. The van der Waals surface area contributed by atoms with Gasteiger partial charge in [0.25, 0.3) is 5.91 Å². The molecule has 2 N–H and O–H groups in total. The highest BCUT2D eigenvalue weighted by molar-refractivity contribution is 6.13. The number of halogens is 3. The number of benzene rings is 1. The summed E-state index contributed by atoms with van der Waals surface area (Å²) < 4.78 is 37.6. The molecular formula is C11H10F3N3O. The van der Waals surface area contributed by atoms with E-state index in [2.05, 4.69) is 5.10 Å². The second-order valence-corrected chi connectivity index (χ2v) is 3.80. The van der Waals surface area contributed by atoms with E-state index in [0.717, 1.165) is 17.1 Å². The predicted octanol–water partition coefficient (Wildman–Crippen LogP) is 1.76. The normalized spacial score (nSPS) is 16.1. The Hall–Kier alpha value is -1.89. The molecule has 1 amide bonds. The Kier molecular flexibility index (Phi) is 3.08. The fraction of sp³-hybridized carbons (Fsp3) is 0.273. The van der Waals surface area contributed by atoms with Crippen LogP contribution < -0.4 is 10.7 Å². The highest BCUT2D eigenvalue weighted by atomic mass is 19.4. The molecule has 4 nitrogen and oxygen atoms in total. The van der Waals surface area contributed by atoms with Crippen molar-refractivity contribution in [3.63, 3.8) is 0 Å². The molecular weight excluding hydrogens is 247 g/mol. The van der Waals surface area contributed by atoms with Crippen LogP contribution in [0.2, 0.25) is 0 Å². The van der Waals surface area contributed by atoms with Crippen LogP contribution in [0, 0.1) is 0 Å². The van der Waals surface area contributed by atoms with Gasteiger partial charge < -0.3 is 5.73 Å². The molecule has 0 aromatic heterocycles. The number of nitrogens with zero attached hydrogens (tertiary/aromatic N) is 2. The number of amides is 1. The molecule has 1 heterocycles. The lowest BCUT2D eigenvalue weighted by atomic mass is 10.2. The van der Waals surface area contributed by atoms with E-state index in [1.165, 1.54) is 12.1 Å². The number of rotatable bonds is 2. The summed E-state index contributed by atoms with van der Waals surface area (Å²) in [7, 11) is 0. The Morgan fingerprint density at radius 2 is 2.11 bits per heavy atom. The molecule has 96 valence electrons. The molecule has 1 aromatic rings. The van der Waals surface area contributed by atoms with Gasteiger partial charge in [-0.2, -0.15) is 18.3 Å². The fourth-order valence-corrected chi connectivity index (χ4v) is 1.61. The van der Waals surface area contributed by atoms with Crippen LogP contribution in [-0.4, -0.2) is 18.2 Å². The second-order valence-electron chi connectivity index (χ2n) is 3.80. The smallest absolute Gasteiger partial charge is 0.325 e. The summed E-state index contributed by atoms with van der Waals surface area (Å²) in [5, 5.41) is 4.84. The van der Waals surface area contributed by atoms with Gasteiger partial charge in [-0.3, -0.25) is 4.79 Å². The molecule has 1 aliphatic rings. The predicted molar refractivity (Wildman–Crippen MR) is 60.0 cm³/mol. The Morgan fingerprint density at radius 1 is 1.39 bits per heavy atom. The van der Waals surface area contributed by atoms with Crippen molar-refractivity contribution in [2.45, 2.75) is 12.6 Å². The van der Waals surface area contributed by atoms with Gasteiger partial charge in [0.1, 0.15) is 0 Å². The second kappa shape index (κ2) is 4.41. The van der Waals surface area contributed by atoms with E-state index in [1.54, 1.807) is 0 Å². The first kappa shape index (κ1) is 12.6. The molecule has 0 radical (unpaired) electrons. The first-order valence-electron chi connectivity index (χ1n) is 5.18. The number of carbonyl (C=O) groups is 1. The van der Waals surface area contributed by atoms with Crippen LogP contribution in [0.15, 0.2) is 29.4 Å². The van der Waals surface area contributed by atoms with E-state index in [9.17, 15) is 18.0 Å². The number of hydrogen-bond acceptors (Lipinski definition) is 3. The minimum absolute atomic E-state index is 0.0484. The van der Waals surface area contributed by atoms with Crippen molar-refractivity contribution in [2.75, 3.05) is 11.6 Å². The highest BCUT2D eigenvalue weighted by Gasteiger charge is 2.32. The van der Waals surface area contributed by atoms with Gasteiger partial charge in [0.2, 0.25) is 0 Å². The highest BCUT2D eigenvalue weighted by Crippen LogP contribution is 2.32. The molecule has 1 aromatic carbocycles. The van der Waals surface area contributed by atoms with Crippen molar-refractivity contribution >= 4 is 17.3 Å². The summed E-state index contributed by atoms with van der Waals surface area (Å²) in [6.07, 6.45) is -4.40. The molecule has 0 atom stereocenters. The van der Waals surface area contributed by atoms with Crippen molar-refractivity contribution in [2.24, 2.45) is 10.8 Å². The summed E-state index contributed by atoms with van der Waals surface area (Å²) in [4.78, 5) is 11.6. The lowest BCUT2D eigenvalue weighted by Gasteiger charge is -2.14. The Balaban J connectivity index is 2.35. The number of alkyl halides is 3. The zero-order chi connectivity index (χ0) is 13.3. The minimum Gasteiger partial charge on any atom is -0.325 e. The molecule has 7 heteroatoms. The van der Waals surface area contributed by atoms with Gasteiger partial charge in [-0.1, -0.05) is 6.07 Å². The third-order valence-corrected chi connectivity index (χ3v) is 2.49. The summed E-state index contributed by atoms with van der Waals surface area (Å²) in [6.45, 7) is 0.112. The molecule has 2 rings (SSSR count). The molecule has 0 saturated heterocycles. The standard InChI is InChI=1S/C11H10F3N3O/c12-11(13,14)7-2-1-3-9(4-7)17-10(18)5-8(6-15)16-17/h1-4H,5-6,15H2. The van der Waals surface area contributed by atoms with Gasteiger partial charge in [0, 0.05) is 6.54 Å². The third-order valence-electron chi connectivity index (χ3n) is 2.49. The van der Waals surface area contributed by atoms with E-state index >= 15 is 0 Å². The van der Waals surface area contributed by atoms with Gasteiger partial charge in [-0.05, 0) is 18.2 Å². The monoisotopic (exact) mass is 257 g/mol. The van der Waals surface area contributed by atoms with Crippen LogP contribution in [0.5, 0.6) is 0 Å². The van der Waals surface area contributed by atoms with Crippen LogP contribution in [0.25, 0.3) is 0 Å². The van der Waals surface area contributed by atoms with Gasteiger partial charge in [0.15, 0.2) is 0 Å². The van der Waals surface area contributed by atoms with Crippen molar-refractivity contribution in [3.05, 3.63) is 29.8 Å². The Bertz CT molecular complexity index is 511. The maximum Gasteiger partial charge on any atom is 0.416 e. The van der Waals surface area contributed by atoms with Gasteiger partial charge in [-0.15, -0.1) is 0 Å². The van der Waals surface area contributed by atoms with E-state index in [4.69, 9.17) is 5.73 Å². The largest absolute Gasteiger partial charge is 0.416 e. The van der Waals surface area contributed by atoms with E-state index < -0.39 is 11.7 Å². The molecule has 0 fully saturated rings. The van der Waals surface area contributed by atoms with Crippen molar-refractivity contribution in [3.8, 4) is 0 Å². The number of hydrazone groups is 1. The molecule has 0 spiro atoms. The van der Waals surface area contributed by atoms with E-state index in [0.29, 0.717) is 5.71 Å².